The molecule has 0 aliphatic heterocycles. The zero-order chi connectivity index (χ0) is 15.6. The molecular weight excluding hydrogens is 256 g/mol. The van der Waals surface area contributed by atoms with Crippen molar-refractivity contribution in [1.29, 1.82) is 0 Å². The molecule has 20 heavy (non-hydrogen) atoms. The highest BCUT2D eigenvalue weighted by molar-refractivity contribution is 5.82. The van der Waals surface area contributed by atoms with Crippen LogP contribution in [0, 0.1) is 11.3 Å². The zero-order valence-electron chi connectivity index (χ0n) is 13.2. The standard InChI is InChI=1S/C16H26O4/c1-11(8-14(18)20-5)6-7-16(19)12(2)9-13(17)10-15(16,3)4/h8,12,19H,6-7,9-10H2,1-5H3/b11-8-. The maximum absolute atomic E-state index is 11.7. The summed E-state index contributed by atoms with van der Waals surface area (Å²) in [6.07, 6.45) is 3.46. The third kappa shape index (κ3) is 3.48. The molecule has 0 aromatic heterocycles. The number of ether oxygens (including phenoxy) is 1. The molecule has 0 aromatic carbocycles. The van der Waals surface area contributed by atoms with Gasteiger partial charge in [0.1, 0.15) is 5.78 Å². The highest BCUT2D eigenvalue weighted by Gasteiger charge is 2.51. The van der Waals surface area contributed by atoms with Crippen molar-refractivity contribution in [3.05, 3.63) is 11.6 Å². The van der Waals surface area contributed by atoms with Gasteiger partial charge in [-0.25, -0.2) is 4.79 Å². The third-order valence-corrected chi connectivity index (χ3v) is 4.63. The van der Waals surface area contributed by atoms with Gasteiger partial charge in [-0.05, 0) is 25.7 Å². The van der Waals surface area contributed by atoms with E-state index in [2.05, 4.69) is 4.74 Å². The number of carbonyl (C=O) groups excluding carboxylic acids is 2. The Morgan fingerprint density at radius 1 is 1.50 bits per heavy atom. The fourth-order valence-electron chi connectivity index (χ4n) is 3.20. The van der Waals surface area contributed by atoms with Crippen LogP contribution in [0.4, 0.5) is 0 Å². The predicted octanol–water partition coefficient (Wildman–Crippen LogP) is 2.64. The largest absolute Gasteiger partial charge is 0.466 e. The first kappa shape index (κ1) is 16.9. The van der Waals surface area contributed by atoms with Crippen LogP contribution in [0.2, 0.25) is 0 Å². The summed E-state index contributed by atoms with van der Waals surface area (Å²) in [5.41, 5.74) is -0.440. The second-order valence-corrected chi connectivity index (χ2v) is 6.64. The predicted molar refractivity (Wildman–Crippen MR) is 77.1 cm³/mol. The Morgan fingerprint density at radius 2 is 2.10 bits per heavy atom. The molecule has 1 fully saturated rings. The first-order valence-corrected chi connectivity index (χ1v) is 7.11. The van der Waals surface area contributed by atoms with Crippen molar-refractivity contribution in [2.75, 3.05) is 7.11 Å². The average Bonchev–Trinajstić information content (AvgIpc) is 2.32. The van der Waals surface area contributed by atoms with Crippen LogP contribution in [0.5, 0.6) is 0 Å². The molecule has 4 nitrogen and oxygen atoms in total. The molecule has 1 rings (SSSR count). The van der Waals surface area contributed by atoms with Crippen LogP contribution in [-0.2, 0) is 14.3 Å². The number of esters is 1. The lowest BCUT2D eigenvalue weighted by atomic mass is 9.58. The Balaban J connectivity index is 2.80. The lowest BCUT2D eigenvalue weighted by Gasteiger charge is -2.50. The number of carbonyl (C=O) groups is 2. The molecule has 2 atom stereocenters. The summed E-state index contributed by atoms with van der Waals surface area (Å²) in [5.74, 6) is -0.223. The number of methoxy groups -OCH3 is 1. The molecule has 0 bridgehead atoms. The van der Waals surface area contributed by atoms with Crippen LogP contribution in [0.1, 0.15) is 53.4 Å². The van der Waals surface area contributed by atoms with Crippen molar-refractivity contribution in [3.63, 3.8) is 0 Å². The third-order valence-electron chi connectivity index (χ3n) is 4.63. The molecule has 4 heteroatoms. The van der Waals surface area contributed by atoms with E-state index in [-0.39, 0.29) is 17.7 Å². The molecule has 0 radical (unpaired) electrons. The Kier molecular flexibility index (Phi) is 5.14. The fraction of sp³-hybridized carbons (Fsp3) is 0.750. The Hall–Kier alpha value is -1.16. The summed E-state index contributed by atoms with van der Waals surface area (Å²) >= 11 is 0. The van der Waals surface area contributed by atoms with Gasteiger partial charge in [0.05, 0.1) is 12.7 Å². The lowest BCUT2D eigenvalue weighted by molar-refractivity contribution is -0.158. The SMILES string of the molecule is COC(=O)/C=C(/C)CCC1(O)C(C)CC(=O)CC1(C)C. The second kappa shape index (κ2) is 6.08. The van der Waals surface area contributed by atoms with Crippen LogP contribution >= 0.6 is 0 Å². The van der Waals surface area contributed by atoms with E-state index in [0.717, 1.165) is 5.57 Å². The fourth-order valence-corrected chi connectivity index (χ4v) is 3.20. The quantitative estimate of drug-likeness (QED) is 0.636. The molecule has 1 aliphatic carbocycles. The van der Waals surface area contributed by atoms with Crippen molar-refractivity contribution < 1.29 is 19.4 Å². The second-order valence-electron chi connectivity index (χ2n) is 6.64. The van der Waals surface area contributed by atoms with Crippen LogP contribution in [0.25, 0.3) is 0 Å². The first-order valence-electron chi connectivity index (χ1n) is 7.11. The van der Waals surface area contributed by atoms with E-state index in [0.29, 0.717) is 25.7 Å². The maximum Gasteiger partial charge on any atom is 0.330 e. The Labute approximate surface area is 121 Å². The van der Waals surface area contributed by atoms with Gasteiger partial charge in [-0.3, -0.25) is 4.79 Å². The van der Waals surface area contributed by atoms with Crippen molar-refractivity contribution in [3.8, 4) is 0 Å². The number of Topliss-reactive ketones (excluding diaryl/α,β-unsaturated/α-hetero) is 1. The van der Waals surface area contributed by atoms with E-state index in [1.165, 1.54) is 13.2 Å². The monoisotopic (exact) mass is 282 g/mol. The van der Waals surface area contributed by atoms with Crippen LogP contribution in [0.3, 0.4) is 0 Å². The number of hydrogen-bond acceptors (Lipinski definition) is 4. The first-order chi connectivity index (χ1) is 9.12. The number of hydrogen-bond donors (Lipinski definition) is 1. The number of aliphatic hydroxyl groups is 1. The van der Waals surface area contributed by atoms with Gasteiger partial charge >= 0.3 is 5.97 Å². The van der Waals surface area contributed by atoms with Gasteiger partial charge in [0.15, 0.2) is 0 Å². The van der Waals surface area contributed by atoms with E-state index in [9.17, 15) is 14.7 Å². The molecule has 1 aliphatic rings. The van der Waals surface area contributed by atoms with E-state index in [1.807, 2.05) is 27.7 Å². The summed E-state index contributed by atoms with van der Waals surface area (Å²) in [7, 11) is 1.34. The van der Waals surface area contributed by atoms with Crippen molar-refractivity contribution in [2.24, 2.45) is 11.3 Å². The molecule has 114 valence electrons. The molecule has 0 amide bonds. The molecule has 0 heterocycles. The smallest absolute Gasteiger partial charge is 0.330 e. The van der Waals surface area contributed by atoms with Gasteiger partial charge < -0.3 is 9.84 Å². The summed E-state index contributed by atoms with van der Waals surface area (Å²) in [5, 5.41) is 11.0. The summed E-state index contributed by atoms with van der Waals surface area (Å²) in [6.45, 7) is 7.67. The van der Waals surface area contributed by atoms with E-state index in [1.54, 1.807) is 0 Å². The number of allylic oxidation sites excluding steroid dienone is 1. The number of rotatable bonds is 4. The van der Waals surface area contributed by atoms with E-state index < -0.39 is 11.0 Å². The topological polar surface area (TPSA) is 63.6 Å². The Morgan fingerprint density at radius 3 is 2.60 bits per heavy atom. The minimum absolute atomic E-state index is 0.0651. The number of ketones is 1. The lowest BCUT2D eigenvalue weighted by Crippen LogP contribution is -2.54. The molecule has 0 saturated heterocycles. The van der Waals surface area contributed by atoms with Crippen molar-refractivity contribution >= 4 is 11.8 Å². The normalized spacial score (nSPS) is 30.2. The van der Waals surface area contributed by atoms with E-state index >= 15 is 0 Å². The van der Waals surface area contributed by atoms with Crippen molar-refractivity contribution in [2.45, 2.75) is 59.0 Å². The highest BCUT2D eigenvalue weighted by Crippen LogP contribution is 2.48. The zero-order valence-corrected chi connectivity index (χ0v) is 13.2. The van der Waals surface area contributed by atoms with Crippen LogP contribution in [0.15, 0.2) is 11.6 Å². The Bertz CT molecular complexity index is 422. The molecule has 1 saturated carbocycles. The molecule has 0 aromatic rings. The molecule has 2 unspecified atom stereocenters. The maximum atomic E-state index is 11.7. The molecule has 1 N–H and O–H groups in total. The average molecular weight is 282 g/mol. The van der Waals surface area contributed by atoms with Gasteiger partial charge in [-0.2, -0.15) is 0 Å². The van der Waals surface area contributed by atoms with Crippen molar-refractivity contribution in [1.82, 2.24) is 0 Å². The van der Waals surface area contributed by atoms with E-state index in [4.69, 9.17) is 0 Å². The van der Waals surface area contributed by atoms with Gasteiger partial charge in [0.25, 0.3) is 0 Å². The summed E-state index contributed by atoms with van der Waals surface area (Å²) < 4.78 is 4.59. The van der Waals surface area contributed by atoms with Gasteiger partial charge in [0.2, 0.25) is 0 Å². The van der Waals surface area contributed by atoms with Crippen LogP contribution < -0.4 is 0 Å². The van der Waals surface area contributed by atoms with Gasteiger partial charge in [-0.15, -0.1) is 0 Å². The van der Waals surface area contributed by atoms with Crippen LogP contribution in [-0.4, -0.2) is 29.6 Å². The highest BCUT2D eigenvalue weighted by atomic mass is 16.5. The molecule has 0 spiro atoms. The minimum Gasteiger partial charge on any atom is -0.466 e. The minimum atomic E-state index is -0.883. The summed E-state index contributed by atoms with van der Waals surface area (Å²) in [4.78, 5) is 22.9. The van der Waals surface area contributed by atoms with Gasteiger partial charge in [0, 0.05) is 24.3 Å². The molecular formula is C16H26O4. The van der Waals surface area contributed by atoms with Gasteiger partial charge in [-0.1, -0.05) is 26.3 Å². The summed E-state index contributed by atoms with van der Waals surface area (Å²) in [6, 6.07) is 0.